The molecule has 0 aliphatic heterocycles. The Hall–Kier alpha value is -2.60. The summed E-state index contributed by atoms with van der Waals surface area (Å²) in [4.78, 5) is 12.3. The minimum absolute atomic E-state index is 0.0433. The molecule has 2 aromatic carbocycles. The number of nitrogens with zero attached hydrogens (tertiary/aromatic N) is 3. The first-order valence-electron chi connectivity index (χ1n) is 9.71. The van der Waals surface area contributed by atoms with Crippen molar-refractivity contribution >= 4 is 23.4 Å². The van der Waals surface area contributed by atoms with E-state index in [-0.39, 0.29) is 5.91 Å². The Labute approximate surface area is 170 Å². The third-order valence-electron chi connectivity index (χ3n) is 4.45. The molecule has 0 spiro atoms. The maximum absolute atomic E-state index is 12.3. The van der Waals surface area contributed by atoms with Crippen molar-refractivity contribution in [2.75, 3.05) is 11.1 Å². The lowest BCUT2D eigenvalue weighted by Gasteiger charge is -2.08. The van der Waals surface area contributed by atoms with Gasteiger partial charge in [0, 0.05) is 17.8 Å². The van der Waals surface area contributed by atoms with Crippen LogP contribution >= 0.6 is 11.8 Å². The summed E-state index contributed by atoms with van der Waals surface area (Å²) < 4.78 is 2.04. The first-order valence-corrected chi connectivity index (χ1v) is 10.7. The molecule has 1 N–H and O–H groups in total. The van der Waals surface area contributed by atoms with Gasteiger partial charge in [0.1, 0.15) is 0 Å². The molecule has 3 aromatic rings. The van der Waals surface area contributed by atoms with Crippen LogP contribution in [0.3, 0.4) is 0 Å². The van der Waals surface area contributed by atoms with Crippen molar-refractivity contribution in [3.8, 4) is 11.4 Å². The molecule has 3 rings (SSSR count). The molecule has 0 aliphatic carbocycles. The quantitative estimate of drug-likeness (QED) is 0.517. The Kier molecular flexibility index (Phi) is 7.25. The number of benzene rings is 2. The smallest absolute Gasteiger partial charge is 0.234 e. The van der Waals surface area contributed by atoms with Crippen LogP contribution in [0, 0.1) is 0 Å². The molecule has 0 fully saturated rings. The summed E-state index contributed by atoms with van der Waals surface area (Å²) in [5, 5.41) is 12.3. The minimum Gasteiger partial charge on any atom is -0.325 e. The number of amides is 1. The van der Waals surface area contributed by atoms with Gasteiger partial charge in [0.15, 0.2) is 11.0 Å². The number of nitrogens with one attached hydrogen (secondary N) is 1. The first kappa shape index (κ1) is 20.1. The number of thioether (sulfide) groups is 1. The third-order valence-corrected chi connectivity index (χ3v) is 5.42. The van der Waals surface area contributed by atoms with E-state index in [4.69, 9.17) is 0 Å². The number of hydrogen-bond donors (Lipinski definition) is 1. The fraction of sp³-hybridized carbons (Fsp3) is 0.318. The van der Waals surface area contributed by atoms with Crippen LogP contribution in [-0.2, 0) is 17.8 Å². The number of rotatable bonds is 9. The van der Waals surface area contributed by atoms with Gasteiger partial charge in [-0.15, -0.1) is 10.2 Å². The van der Waals surface area contributed by atoms with E-state index in [1.165, 1.54) is 30.2 Å². The highest BCUT2D eigenvalue weighted by molar-refractivity contribution is 7.99. The molecular formula is C22H26N4OS. The lowest BCUT2D eigenvalue weighted by Crippen LogP contribution is -2.14. The fourth-order valence-corrected chi connectivity index (χ4v) is 3.75. The molecule has 0 unspecified atom stereocenters. The number of aryl methyl sites for hydroxylation is 1. The van der Waals surface area contributed by atoms with E-state index in [2.05, 4.69) is 41.5 Å². The molecule has 0 saturated heterocycles. The van der Waals surface area contributed by atoms with E-state index >= 15 is 0 Å². The monoisotopic (exact) mass is 394 g/mol. The second-order valence-electron chi connectivity index (χ2n) is 6.55. The highest BCUT2D eigenvalue weighted by atomic mass is 32.2. The summed E-state index contributed by atoms with van der Waals surface area (Å²) in [5.41, 5.74) is 3.16. The largest absolute Gasteiger partial charge is 0.325 e. The predicted molar refractivity (Wildman–Crippen MR) is 116 cm³/mol. The van der Waals surface area contributed by atoms with E-state index in [1.807, 2.05) is 47.0 Å². The molecule has 0 saturated carbocycles. The van der Waals surface area contributed by atoms with Crippen molar-refractivity contribution in [1.82, 2.24) is 14.8 Å². The van der Waals surface area contributed by atoms with E-state index in [0.29, 0.717) is 5.75 Å². The van der Waals surface area contributed by atoms with Gasteiger partial charge in [-0.2, -0.15) is 0 Å². The van der Waals surface area contributed by atoms with Gasteiger partial charge < -0.3 is 9.88 Å². The predicted octanol–water partition coefficient (Wildman–Crippen LogP) is 5.04. The molecule has 6 heteroatoms. The highest BCUT2D eigenvalue weighted by Crippen LogP contribution is 2.24. The van der Waals surface area contributed by atoms with Crippen molar-refractivity contribution in [3.63, 3.8) is 0 Å². The number of unbranched alkanes of at least 4 members (excludes halogenated alkanes) is 1. The van der Waals surface area contributed by atoms with Gasteiger partial charge in [-0.25, -0.2) is 0 Å². The Morgan fingerprint density at radius 1 is 1.04 bits per heavy atom. The zero-order valence-electron chi connectivity index (χ0n) is 16.4. The zero-order valence-corrected chi connectivity index (χ0v) is 17.2. The van der Waals surface area contributed by atoms with Crippen molar-refractivity contribution in [2.45, 2.75) is 44.8 Å². The van der Waals surface area contributed by atoms with Crippen molar-refractivity contribution in [2.24, 2.45) is 0 Å². The SMILES string of the molecule is CCCCc1ccc(NC(=O)CSc2nnc(-c3ccccc3)n2CC)cc1. The van der Waals surface area contributed by atoms with Crippen LogP contribution in [-0.4, -0.2) is 26.4 Å². The van der Waals surface area contributed by atoms with Crippen LogP contribution < -0.4 is 5.32 Å². The molecule has 0 bridgehead atoms. The number of aromatic nitrogens is 3. The van der Waals surface area contributed by atoms with Gasteiger partial charge in [0.2, 0.25) is 5.91 Å². The molecular weight excluding hydrogens is 368 g/mol. The van der Waals surface area contributed by atoms with Gasteiger partial charge in [-0.3, -0.25) is 4.79 Å². The second-order valence-corrected chi connectivity index (χ2v) is 7.50. The average molecular weight is 395 g/mol. The first-order chi connectivity index (χ1) is 13.7. The maximum atomic E-state index is 12.3. The van der Waals surface area contributed by atoms with Gasteiger partial charge >= 0.3 is 0 Å². The Morgan fingerprint density at radius 2 is 1.79 bits per heavy atom. The standard InChI is InChI=1S/C22H26N4OS/c1-3-5-9-17-12-14-19(15-13-17)23-20(27)16-28-22-25-24-21(26(22)4-2)18-10-7-6-8-11-18/h6-8,10-15H,3-5,9,16H2,1-2H3,(H,23,27). The van der Waals surface area contributed by atoms with E-state index < -0.39 is 0 Å². The summed E-state index contributed by atoms with van der Waals surface area (Å²) in [6.07, 6.45) is 3.45. The summed E-state index contributed by atoms with van der Waals surface area (Å²) >= 11 is 1.41. The number of anilines is 1. The molecule has 1 aromatic heterocycles. The molecule has 1 amide bonds. The van der Waals surface area contributed by atoms with E-state index in [9.17, 15) is 4.79 Å². The van der Waals surface area contributed by atoms with Crippen LogP contribution in [0.4, 0.5) is 5.69 Å². The zero-order chi connectivity index (χ0) is 19.8. The number of hydrogen-bond acceptors (Lipinski definition) is 4. The Morgan fingerprint density at radius 3 is 2.46 bits per heavy atom. The van der Waals surface area contributed by atoms with Crippen LogP contribution in [0.15, 0.2) is 59.8 Å². The lowest BCUT2D eigenvalue weighted by atomic mass is 10.1. The van der Waals surface area contributed by atoms with Crippen molar-refractivity contribution in [3.05, 3.63) is 60.2 Å². The van der Waals surface area contributed by atoms with Gasteiger partial charge in [0.25, 0.3) is 0 Å². The molecule has 0 atom stereocenters. The summed E-state index contributed by atoms with van der Waals surface area (Å²) in [7, 11) is 0. The van der Waals surface area contributed by atoms with Gasteiger partial charge in [-0.05, 0) is 37.5 Å². The summed E-state index contributed by atoms with van der Waals surface area (Å²) in [5.74, 6) is 1.08. The maximum Gasteiger partial charge on any atom is 0.234 e. The van der Waals surface area contributed by atoms with E-state index in [0.717, 1.165) is 35.2 Å². The van der Waals surface area contributed by atoms with Gasteiger partial charge in [-0.1, -0.05) is 67.6 Å². The molecule has 0 aliphatic rings. The number of carbonyl (C=O) groups is 1. The normalized spacial score (nSPS) is 10.8. The Balaban J connectivity index is 1.58. The summed E-state index contributed by atoms with van der Waals surface area (Å²) in [6, 6.07) is 18.1. The third kappa shape index (κ3) is 5.23. The summed E-state index contributed by atoms with van der Waals surface area (Å²) in [6.45, 7) is 4.99. The average Bonchev–Trinajstić information content (AvgIpc) is 3.15. The topological polar surface area (TPSA) is 59.8 Å². The van der Waals surface area contributed by atoms with Crippen molar-refractivity contribution < 1.29 is 4.79 Å². The van der Waals surface area contributed by atoms with Crippen LogP contribution in [0.25, 0.3) is 11.4 Å². The Bertz CT molecular complexity index is 891. The van der Waals surface area contributed by atoms with Crippen molar-refractivity contribution in [1.29, 1.82) is 0 Å². The number of carbonyl (C=O) groups excluding carboxylic acids is 1. The highest BCUT2D eigenvalue weighted by Gasteiger charge is 2.14. The van der Waals surface area contributed by atoms with Crippen LogP contribution in [0.5, 0.6) is 0 Å². The minimum atomic E-state index is -0.0433. The van der Waals surface area contributed by atoms with Crippen LogP contribution in [0.2, 0.25) is 0 Å². The fourth-order valence-electron chi connectivity index (χ4n) is 2.94. The molecule has 28 heavy (non-hydrogen) atoms. The molecule has 5 nitrogen and oxygen atoms in total. The molecule has 0 radical (unpaired) electrons. The van der Waals surface area contributed by atoms with Gasteiger partial charge in [0.05, 0.1) is 5.75 Å². The van der Waals surface area contributed by atoms with E-state index in [1.54, 1.807) is 0 Å². The van der Waals surface area contributed by atoms with Crippen LogP contribution in [0.1, 0.15) is 32.3 Å². The molecule has 146 valence electrons. The second kappa shape index (κ2) is 10.1. The lowest BCUT2D eigenvalue weighted by molar-refractivity contribution is -0.113. The molecule has 1 heterocycles.